The lowest BCUT2D eigenvalue weighted by Gasteiger charge is -2.39. The Morgan fingerprint density at radius 2 is 1.84 bits per heavy atom. The first-order valence-electron chi connectivity index (χ1n) is 11.8. The van der Waals surface area contributed by atoms with Gasteiger partial charge in [0.25, 0.3) is 5.56 Å². The summed E-state index contributed by atoms with van der Waals surface area (Å²) in [6, 6.07) is 7.20. The van der Waals surface area contributed by atoms with Crippen molar-refractivity contribution in [2.45, 2.75) is 77.8 Å². The molecule has 1 aromatic heterocycles. The topological polar surface area (TPSA) is 38.1 Å². The van der Waals surface area contributed by atoms with Gasteiger partial charge in [-0.15, -0.1) is 5.73 Å². The molecule has 0 N–H and O–H groups in total. The summed E-state index contributed by atoms with van der Waals surface area (Å²) in [6.45, 7) is 18.2. The van der Waals surface area contributed by atoms with Crippen LogP contribution in [-0.4, -0.2) is 27.0 Å². The second-order valence-corrected chi connectivity index (χ2v) is 9.80. The SMILES string of the molecule is C=C=C1c2c(C=C)c(=O)nc(CC3(c4cc(C)cc(C)c4)CCCC3)n2CCN1C(C)C.[HH]. The van der Waals surface area contributed by atoms with E-state index < -0.39 is 0 Å². The predicted octanol–water partition coefficient (Wildman–Crippen LogP) is 5.65. The van der Waals surface area contributed by atoms with E-state index in [1.165, 1.54) is 29.5 Å². The van der Waals surface area contributed by atoms with Gasteiger partial charge in [0.1, 0.15) is 11.5 Å². The molecule has 4 rings (SSSR count). The number of rotatable bonds is 5. The molecule has 2 heterocycles. The Morgan fingerprint density at radius 1 is 1.19 bits per heavy atom. The second-order valence-electron chi connectivity index (χ2n) is 9.80. The van der Waals surface area contributed by atoms with Gasteiger partial charge in [0.2, 0.25) is 0 Å². The van der Waals surface area contributed by atoms with Crippen LogP contribution >= 0.6 is 0 Å². The minimum Gasteiger partial charge on any atom is -0.359 e. The summed E-state index contributed by atoms with van der Waals surface area (Å²) in [4.78, 5) is 20.0. The number of fused-ring (bicyclic) bond motifs is 1. The van der Waals surface area contributed by atoms with Crippen molar-refractivity contribution < 1.29 is 1.43 Å². The van der Waals surface area contributed by atoms with E-state index >= 15 is 0 Å². The molecule has 1 fully saturated rings. The van der Waals surface area contributed by atoms with Crippen LogP contribution in [-0.2, 0) is 18.4 Å². The lowest BCUT2D eigenvalue weighted by Crippen LogP contribution is -2.41. The standard InChI is InChI=1S/C28H35N3O.H2/c1-7-23-26-24(8-2)30(19(3)4)13-14-31(26)25(29-27(23)32)18-28(11-9-10-12-28)22-16-20(5)15-21(6)17-22;/h7,15-17,19H,1-2,9-14,18H2,3-6H3;1H. The van der Waals surface area contributed by atoms with Gasteiger partial charge < -0.3 is 9.47 Å². The van der Waals surface area contributed by atoms with Gasteiger partial charge in [-0.25, -0.2) is 0 Å². The molecule has 0 unspecified atom stereocenters. The molecule has 0 atom stereocenters. The van der Waals surface area contributed by atoms with Crippen LogP contribution in [0.4, 0.5) is 0 Å². The maximum atomic E-state index is 13.1. The van der Waals surface area contributed by atoms with Crippen LogP contribution in [0.2, 0.25) is 0 Å². The van der Waals surface area contributed by atoms with Crippen LogP contribution in [0, 0.1) is 13.8 Å². The summed E-state index contributed by atoms with van der Waals surface area (Å²) in [6.07, 6.45) is 7.11. The van der Waals surface area contributed by atoms with Gasteiger partial charge in [-0.1, -0.05) is 61.4 Å². The van der Waals surface area contributed by atoms with Gasteiger partial charge in [-0.3, -0.25) is 4.79 Å². The zero-order valence-electron chi connectivity index (χ0n) is 20.0. The van der Waals surface area contributed by atoms with Gasteiger partial charge in [0.05, 0.1) is 11.3 Å². The summed E-state index contributed by atoms with van der Waals surface area (Å²) in [5, 5.41) is 0. The fraction of sp³-hybridized carbons (Fsp3) is 0.464. The predicted molar refractivity (Wildman–Crippen MR) is 135 cm³/mol. The van der Waals surface area contributed by atoms with Crippen LogP contribution in [0.25, 0.3) is 11.8 Å². The van der Waals surface area contributed by atoms with Gasteiger partial charge >= 0.3 is 0 Å². The van der Waals surface area contributed by atoms with Crippen molar-refractivity contribution >= 4 is 11.8 Å². The van der Waals surface area contributed by atoms with Crippen LogP contribution in [0.1, 0.15) is 74.7 Å². The van der Waals surface area contributed by atoms with Crippen LogP contribution < -0.4 is 5.56 Å². The van der Waals surface area contributed by atoms with E-state index in [9.17, 15) is 4.79 Å². The molecule has 1 saturated carbocycles. The molecule has 4 heteroatoms. The number of aromatic nitrogens is 2. The molecule has 1 aromatic carbocycles. The van der Waals surface area contributed by atoms with E-state index in [1.807, 2.05) is 0 Å². The van der Waals surface area contributed by atoms with Crippen LogP contribution in [0.5, 0.6) is 0 Å². The molecule has 32 heavy (non-hydrogen) atoms. The molecule has 4 nitrogen and oxygen atoms in total. The third kappa shape index (κ3) is 3.78. The molecule has 2 aromatic rings. The highest BCUT2D eigenvalue weighted by atomic mass is 16.1. The lowest BCUT2D eigenvalue weighted by atomic mass is 9.75. The number of benzene rings is 1. The fourth-order valence-corrected chi connectivity index (χ4v) is 5.79. The van der Waals surface area contributed by atoms with Crippen molar-refractivity contribution in [1.29, 1.82) is 0 Å². The van der Waals surface area contributed by atoms with Gasteiger partial charge in [-0.2, -0.15) is 4.98 Å². The molecule has 1 aliphatic carbocycles. The van der Waals surface area contributed by atoms with Crippen molar-refractivity contribution in [1.82, 2.24) is 14.5 Å². The van der Waals surface area contributed by atoms with E-state index in [2.05, 4.69) is 79.2 Å². The summed E-state index contributed by atoms with van der Waals surface area (Å²) in [5.74, 6) is 0.882. The summed E-state index contributed by atoms with van der Waals surface area (Å²) in [7, 11) is 0. The lowest BCUT2D eigenvalue weighted by molar-refractivity contribution is 0.287. The van der Waals surface area contributed by atoms with Crippen LogP contribution in [0.3, 0.4) is 0 Å². The molecule has 0 radical (unpaired) electrons. The van der Waals surface area contributed by atoms with Gasteiger partial charge in [0, 0.05) is 32.4 Å². The Labute approximate surface area is 193 Å². The Morgan fingerprint density at radius 3 is 2.41 bits per heavy atom. The molecule has 0 saturated heterocycles. The van der Waals surface area contributed by atoms with Crippen molar-refractivity contribution in [2.24, 2.45) is 0 Å². The third-order valence-corrected chi connectivity index (χ3v) is 7.26. The summed E-state index contributed by atoms with van der Waals surface area (Å²) in [5.41, 5.74) is 9.25. The largest absolute Gasteiger partial charge is 0.359 e. The molecular formula is C28H37N3O. The van der Waals surface area contributed by atoms with Crippen LogP contribution in [0.15, 0.2) is 41.9 Å². The molecular weight excluding hydrogens is 394 g/mol. The molecule has 0 spiro atoms. The maximum absolute atomic E-state index is 13.1. The highest BCUT2D eigenvalue weighted by Crippen LogP contribution is 2.44. The minimum atomic E-state index is -0.201. The Kier molecular flexibility index (Phi) is 6.01. The first-order valence-corrected chi connectivity index (χ1v) is 11.8. The molecule has 0 bridgehead atoms. The number of hydrogen-bond acceptors (Lipinski definition) is 3. The van der Waals surface area contributed by atoms with Gasteiger partial charge in [-0.05, 0) is 46.1 Å². The average Bonchev–Trinajstić information content (AvgIpc) is 3.22. The highest BCUT2D eigenvalue weighted by Gasteiger charge is 2.38. The first-order chi connectivity index (χ1) is 15.3. The van der Waals surface area contributed by atoms with E-state index in [1.54, 1.807) is 6.08 Å². The smallest absolute Gasteiger partial charge is 0.280 e. The second kappa shape index (κ2) is 8.60. The maximum Gasteiger partial charge on any atom is 0.280 e. The van der Waals surface area contributed by atoms with E-state index in [-0.39, 0.29) is 12.4 Å². The van der Waals surface area contributed by atoms with Gasteiger partial charge in [0.15, 0.2) is 0 Å². The molecule has 2 aliphatic rings. The van der Waals surface area contributed by atoms with Crippen molar-refractivity contribution in [3.05, 3.63) is 81.2 Å². The third-order valence-electron chi connectivity index (χ3n) is 7.26. The van der Waals surface area contributed by atoms with E-state index in [0.29, 0.717) is 11.6 Å². The number of aryl methyl sites for hydroxylation is 2. The molecule has 1 aliphatic heterocycles. The normalized spacial score (nSPS) is 17.4. The van der Waals surface area contributed by atoms with E-state index in [0.717, 1.165) is 49.6 Å². The summed E-state index contributed by atoms with van der Waals surface area (Å²) < 4.78 is 2.24. The average molecular weight is 432 g/mol. The monoisotopic (exact) mass is 431 g/mol. The Balaban J connectivity index is 0.00000306. The van der Waals surface area contributed by atoms with Crippen molar-refractivity contribution in [2.75, 3.05) is 6.54 Å². The Hall–Kier alpha value is -2.84. The molecule has 0 amide bonds. The molecule has 170 valence electrons. The number of nitrogens with zero attached hydrogens (tertiary/aromatic N) is 3. The van der Waals surface area contributed by atoms with Crippen molar-refractivity contribution in [3.8, 4) is 0 Å². The summed E-state index contributed by atoms with van der Waals surface area (Å²) >= 11 is 0. The fourth-order valence-electron chi connectivity index (χ4n) is 5.79. The van der Waals surface area contributed by atoms with Crippen molar-refractivity contribution in [3.63, 3.8) is 0 Å². The minimum absolute atomic E-state index is 0. The Bertz CT molecular complexity index is 1140. The highest BCUT2D eigenvalue weighted by molar-refractivity contribution is 5.70. The van der Waals surface area contributed by atoms with E-state index in [4.69, 9.17) is 0 Å². The zero-order chi connectivity index (χ0) is 23.0. The quantitative estimate of drug-likeness (QED) is 0.574. The zero-order valence-corrected chi connectivity index (χ0v) is 20.0. The number of hydrogen-bond donors (Lipinski definition) is 0. The first kappa shape index (κ1) is 22.4.